The molecule has 21 heavy (non-hydrogen) atoms. The van der Waals surface area contributed by atoms with Gasteiger partial charge in [-0.25, -0.2) is 14.0 Å². The Labute approximate surface area is 121 Å². The van der Waals surface area contributed by atoms with Crippen molar-refractivity contribution in [1.29, 1.82) is 0 Å². The second-order valence-electron chi connectivity index (χ2n) is 5.09. The van der Waals surface area contributed by atoms with Crippen LogP contribution in [0.1, 0.15) is 24.2 Å². The zero-order valence-corrected chi connectivity index (χ0v) is 11.8. The highest BCUT2D eigenvalue weighted by molar-refractivity contribution is 5.91. The van der Waals surface area contributed by atoms with Crippen LogP contribution in [0, 0.1) is 5.82 Å². The van der Waals surface area contributed by atoms with E-state index in [1.54, 1.807) is 4.90 Å². The molecule has 1 aromatic carbocycles. The number of hydrogen-bond donors (Lipinski definition) is 2. The number of hydrogen-bond acceptors (Lipinski definition) is 3. The van der Waals surface area contributed by atoms with Crippen LogP contribution in [-0.4, -0.2) is 47.3 Å². The molecule has 1 aliphatic rings. The Balaban J connectivity index is 2.06. The van der Waals surface area contributed by atoms with E-state index >= 15 is 0 Å². The molecule has 1 aliphatic heterocycles. The van der Waals surface area contributed by atoms with Crippen LogP contribution in [0.15, 0.2) is 18.2 Å². The van der Waals surface area contributed by atoms with E-state index in [0.29, 0.717) is 13.1 Å². The van der Waals surface area contributed by atoms with Gasteiger partial charge in [0.15, 0.2) is 0 Å². The predicted molar refractivity (Wildman–Crippen MR) is 74.0 cm³/mol. The van der Waals surface area contributed by atoms with E-state index in [1.807, 2.05) is 13.8 Å². The highest BCUT2D eigenvalue weighted by Gasteiger charge is 2.26. The van der Waals surface area contributed by atoms with Crippen molar-refractivity contribution in [3.05, 3.63) is 29.6 Å². The van der Waals surface area contributed by atoms with Gasteiger partial charge in [0.25, 0.3) is 0 Å². The lowest BCUT2D eigenvalue weighted by molar-refractivity contribution is -0.0530. The summed E-state index contributed by atoms with van der Waals surface area (Å²) < 4.78 is 19.1. The number of halogens is 1. The van der Waals surface area contributed by atoms with E-state index in [2.05, 4.69) is 5.32 Å². The number of carboxylic acids is 1. The molecule has 2 amide bonds. The zero-order valence-electron chi connectivity index (χ0n) is 11.8. The minimum atomic E-state index is -1.35. The Hall–Kier alpha value is -2.15. The van der Waals surface area contributed by atoms with Crippen molar-refractivity contribution in [2.24, 2.45) is 0 Å². The number of anilines is 1. The third kappa shape index (κ3) is 3.69. The number of amides is 2. The molecule has 114 valence electrons. The van der Waals surface area contributed by atoms with Gasteiger partial charge in [-0.15, -0.1) is 0 Å². The zero-order chi connectivity index (χ0) is 15.6. The Bertz CT molecular complexity index is 554. The molecule has 0 aliphatic carbocycles. The first kappa shape index (κ1) is 15.2. The molecule has 0 saturated carbocycles. The minimum Gasteiger partial charge on any atom is -0.478 e. The van der Waals surface area contributed by atoms with E-state index in [0.717, 1.165) is 12.1 Å². The number of benzene rings is 1. The van der Waals surface area contributed by atoms with Gasteiger partial charge in [-0.3, -0.25) is 0 Å². The third-order valence-corrected chi connectivity index (χ3v) is 3.16. The van der Waals surface area contributed by atoms with Crippen LogP contribution in [-0.2, 0) is 4.74 Å². The molecule has 2 rings (SSSR count). The fourth-order valence-corrected chi connectivity index (χ4v) is 2.31. The first-order valence-electron chi connectivity index (χ1n) is 6.61. The van der Waals surface area contributed by atoms with Crippen LogP contribution in [0.2, 0.25) is 0 Å². The number of urea groups is 1. The van der Waals surface area contributed by atoms with E-state index in [9.17, 15) is 14.0 Å². The van der Waals surface area contributed by atoms with Crippen LogP contribution in [0.25, 0.3) is 0 Å². The minimum absolute atomic E-state index is 0.0642. The first-order chi connectivity index (χ1) is 9.86. The van der Waals surface area contributed by atoms with Gasteiger partial charge in [-0.1, -0.05) is 0 Å². The van der Waals surface area contributed by atoms with Crippen molar-refractivity contribution >= 4 is 17.7 Å². The highest BCUT2D eigenvalue weighted by atomic mass is 19.1. The van der Waals surface area contributed by atoms with Gasteiger partial charge < -0.3 is 20.1 Å². The summed E-state index contributed by atoms with van der Waals surface area (Å²) in [5.41, 5.74) is -0.212. The summed E-state index contributed by atoms with van der Waals surface area (Å²) >= 11 is 0. The monoisotopic (exact) mass is 296 g/mol. The molecule has 6 nitrogen and oxygen atoms in total. The molecule has 1 heterocycles. The van der Waals surface area contributed by atoms with E-state index in [1.165, 1.54) is 6.07 Å². The van der Waals surface area contributed by atoms with E-state index in [-0.39, 0.29) is 23.9 Å². The standard InChI is InChI=1S/C14H17FN2O4/c1-8-6-17(7-9(2)21-8)14(20)16-10-3-4-11(13(18)19)12(15)5-10/h3-5,8-9H,6-7H2,1-2H3,(H,16,20)(H,18,19). The quantitative estimate of drug-likeness (QED) is 0.876. The van der Waals surface area contributed by atoms with Crippen molar-refractivity contribution in [3.63, 3.8) is 0 Å². The van der Waals surface area contributed by atoms with Gasteiger partial charge in [-0.2, -0.15) is 0 Å². The van der Waals surface area contributed by atoms with Gasteiger partial charge in [0.2, 0.25) is 0 Å². The second kappa shape index (κ2) is 6.09. The van der Waals surface area contributed by atoms with Crippen molar-refractivity contribution < 1.29 is 23.8 Å². The first-order valence-corrected chi connectivity index (χ1v) is 6.61. The average Bonchev–Trinajstić information content (AvgIpc) is 2.37. The summed E-state index contributed by atoms with van der Waals surface area (Å²) in [5, 5.41) is 11.3. The molecule has 2 N–H and O–H groups in total. The number of carbonyl (C=O) groups excluding carboxylic acids is 1. The molecule has 1 aromatic rings. The maximum Gasteiger partial charge on any atom is 0.338 e. The van der Waals surface area contributed by atoms with Gasteiger partial charge >= 0.3 is 12.0 Å². The Morgan fingerprint density at radius 1 is 1.33 bits per heavy atom. The Morgan fingerprint density at radius 2 is 1.95 bits per heavy atom. The number of ether oxygens (including phenoxy) is 1. The van der Waals surface area contributed by atoms with Gasteiger partial charge in [0.05, 0.1) is 17.8 Å². The number of morpholine rings is 1. The number of nitrogens with zero attached hydrogens (tertiary/aromatic N) is 1. The lowest BCUT2D eigenvalue weighted by Crippen LogP contribution is -2.49. The number of aromatic carboxylic acids is 1. The summed E-state index contributed by atoms with van der Waals surface area (Å²) in [6, 6.07) is 3.11. The normalized spacial score (nSPS) is 22.0. The van der Waals surface area contributed by atoms with Crippen LogP contribution >= 0.6 is 0 Å². The molecule has 2 atom stereocenters. The molecule has 7 heteroatoms. The maximum absolute atomic E-state index is 13.6. The SMILES string of the molecule is CC1CN(C(=O)Nc2ccc(C(=O)O)c(F)c2)CC(C)O1. The predicted octanol–water partition coefficient (Wildman–Crippen LogP) is 2.17. The number of nitrogens with one attached hydrogen (secondary N) is 1. The smallest absolute Gasteiger partial charge is 0.338 e. The molecule has 0 radical (unpaired) electrons. The molecule has 2 unspecified atom stereocenters. The van der Waals surface area contributed by atoms with Gasteiger partial charge in [-0.05, 0) is 32.0 Å². The van der Waals surface area contributed by atoms with Crippen molar-refractivity contribution in [2.45, 2.75) is 26.1 Å². The molecule has 0 spiro atoms. The van der Waals surface area contributed by atoms with Gasteiger partial charge in [0, 0.05) is 18.8 Å². The largest absolute Gasteiger partial charge is 0.478 e. The Morgan fingerprint density at radius 3 is 2.48 bits per heavy atom. The van der Waals surface area contributed by atoms with Crippen LogP contribution < -0.4 is 5.32 Å². The molecule has 1 saturated heterocycles. The van der Waals surface area contributed by atoms with Crippen LogP contribution in [0.5, 0.6) is 0 Å². The van der Waals surface area contributed by atoms with E-state index in [4.69, 9.17) is 9.84 Å². The fraction of sp³-hybridized carbons (Fsp3) is 0.429. The summed E-state index contributed by atoms with van der Waals surface area (Å²) in [6.07, 6.45) is -0.128. The van der Waals surface area contributed by atoms with E-state index < -0.39 is 17.3 Å². The average molecular weight is 296 g/mol. The van der Waals surface area contributed by atoms with Gasteiger partial charge in [0.1, 0.15) is 5.82 Å². The number of rotatable bonds is 2. The maximum atomic E-state index is 13.6. The lowest BCUT2D eigenvalue weighted by Gasteiger charge is -2.35. The van der Waals surface area contributed by atoms with Crippen LogP contribution in [0.3, 0.4) is 0 Å². The second-order valence-corrected chi connectivity index (χ2v) is 5.09. The summed E-state index contributed by atoms with van der Waals surface area (Å²) in [5.74, 6) is -2.23. The number of carbonyl (C=O) groups is 2. The summed E-state index contributed by atoms with van der Waals surface area (Å²) in [7, 11) is 0. The molecular weight excluding hydrogens is 279 g/mol. The van der Waals surface area contributed by atoms with Crippen molar-refractivity contribution in [1.82, 2.24) is 4.90 Å². The summed E-state index contributed by atoms with van der Waals surface area (Å²) in [6.45, 7) is 4.65. The molecule has 0 aromatic heterocycles. The fourth-order valence-electron chi connectivity index (χ4n) is 2.31. The lowest BCUT2D eigenvalue weighted by atomic mass is 10.2. The molecule has 0 bridgehead atoms. The van der Waals surface area contributed by atoms with Crippen molar-refractivity contribution in [2.75, 3.05) is 18.4 Å². The van der Waals surface area contributed by atoms with Crippen LogP contribution in [0.4, 0.5) is 14.9 Å². The summed E-state index contributed by atoms with van der Waals surface area (Å²) in [4.78, 5) is 24.4. The topological polar surface area (TPSA) is 78.9 Å². The number of carboxylic acid groups (broad SMARTS) is 1. The Kier molecular flexibility index (Phi) is 4.42. The molecule has 1 fully saturated rings. The molecular formula is C14H17FN2O4. The highest BCUT2D eigenvalue weighted by Crippen LogP contribution is 2.17. The van der Waals surface area contributed by atoms with Crippen molar-refractivity contribution in [3.8, 4) is 0 Å². The third-order valence-electron chi connectivity index (χ3n) is 3.16.